The van der Waals surface area contributed by atoms with Crippen molar-refractivity contribution in [3.8, 4) is 0 Å². The maximum absolute atomic E-state index is 11.8. The molecule has 0 unspecified atom stereocenters. The molecule has 0 spiro atoms. The molecule has 0 atom stereocenters. The third kappa shape index (κ3) is 4.26. The lowest BCUT2D eigenvalue weighted by atomic mass is 9.79. The minimum Gasteiger partial charge on any atom is -0.512 e. The molecule has 0 bridgehead atoms. The van der Waals surface area contributed by atoms with E-state index < -0.39 is 0 Å². The van der Waals surface area contributed by atoms with Gasteiger partial charge >= 0.3 is 0 Å². The molecule has 2 aliphatic rings. The third-order valence-corrected chi connectivity index (χ3v) is 3.92. The molecular weight excluding hydrogens is 278 g/mol. The molecule has 0 heterocycles. The number of aliphatic imine (C=N–C) groups is 1. The summed E-state index contributed by atoms with van der Waals surface area (Å²) < 4.78 is 7.06. The molecule has 1 N–H and O–H groups in total. The molecule has 2 aliphatic carbocycles. The van der Waals surface area contributed by atoms with Gasteiger partial charge in [0.15, 0.2) is 11.6 Å². The van der Waals surface area contributed by atoms with Crippen molar-refractivity contribution in [2.75, 3.05) is 6.54 Å². The third-order valence-electron chi connectivity index (χ3n) is 3.92. The van der Waals surface area contributed by atoms with Gasteiger partial charge in [0, 0.05) is 29.8 Å². The molecule has 0 saturated heterocycles. The lowest BCUT2D eigenvalue weighted by molar-refractivity contribution is -0.115. The highest BCUT2D eigenvalue weighted by Crippen LogP contribution is 2.33. The summed E-state index contributed by atoms with van der Waals surface area (Å²) in [5.74, 6) is 0.481. The van der Waals surface area contributed by atoms with E-state index >= 15 is 0 Å². The molecule has 0 aromatic rings. The fourth-order valence-corrected chi connectivity index (χ4v) is 2.81. The van der Waals surface area contributed by atoms with Gasteiger partial charge < -0.3 is 5.11 Å². The Labute approximate surface area is 132 Å². The van der Waals surface area contributed by atoms with Crippen LogP contribution in [0.4, 0.5) is 0 Å². The van der Waals surface area contributed by atoms with Crippen LogP contribution in [0.1, 0.15) is 46.5 Å². The van der Waals surface area contributed by atoms with E-state index in [4.69, 9.17) is 1.43 Å². The predicted molar refractivity (Wildman–Crippen MR) is 87.1 cm³/mol. The summed E-state index contributed by atoms with van der Waals surface area (Å²) in [5.41, 5.74) is 2.03. The number of rotatable bonds is 5. The molecule has 0 aliphatic heterocycles. The minimum atomic E-state index is -0.0832. The van der Waals surface area contributed by atoms with Crippen LogP contribution in [0.2, 0.25) is 0 Å². The normalized spacial score (nSPS) is 23.7. The predicted octanol–water partition coefficient (Wildman–Crippen LogP) is 3.49. The first kappa shape index (κ1) is 14.9. The summed E-state index contributed by atoms with van der Waals surface area (Å²) in [4.78, 5) is 28.0. The van der Waals surface area contributed by atoms with Gasteiger partial charge in [-0.2, -0.15) is 0 Å². The second-order valence-corrected chi connectivity index (χ2v) is 6.83. The van der Waals surface area contributed by atoms with Crippen molar-refractivity contribution in [3.05, 3.63) is 35.1 Å². The van der Waals surface area contributed by atoms with E-state index in [1.807, 2.05) is 6.08 Å². The van der Waals surface area contributed by atoms with Crippen LogP contribution in [0.15, 0.2) is 40.1 Å². The molecule has 4 heteroatoms. The van der Waals surface area contributed by atoms with E-state index in [9.17, 15) is 9.59 Å². The van der Waals surface area contributed by atoms with Gasteiger partial charge in [0.25, 0.3) is 1.43 Å². The van der Waals surface area contributed by atoms with E-state index in [2.05, 4.69) is 23.9 Å². The van der Waals surface area contributed by atoms with Gasteiger partial charge in [-0.25, -0.2) is 0 Å². The number of aliphatic hydroxyl groups excluding tert-OH is 1. The fourth-order valence-electron chi connectivity index (χ4n) is 2.81. The highest BCUT2D eigenvalue weighted by atomic mass is 16.3. The van der Waals surface area contributed by atoms with Crippen LogP contribution >= 0.6 is 0 Å². The zero-order chi connectivity index (χ0) is 17.0. The van der Waals surface area contributed by atoms with Gasteiger partial charge in [0.1, 0.15) is 0 Å². The van der Waals surface area contributed by atoms with Crippen LogP contribution in [0.3, 0.4) is 0 Å². The van der Waals surface area contributed by atoms with Crippen molar-refractivity contribution in [1.82, 2.24) is 0 Å². The Kier molecular flexibility index (Phi) is 4.36. The van der Waals surface area contributed by atoms with Crippen molar-refractivity contribution < 1.29 is 14.7 Å². The number of aliphatic hydroxyl groups is 1. The first-order valence-corrected chi connectivity index (χ1v) is 7.65. The summed E-state index contributed by atoms with van der Waals surface area (Å²) in [6.07, 6.45) is 7.55. The van der Waals surface area contributed by atoms with Gasteiger partial charge in [-0.15, -0.1) is 0 Å². The highest BCUT2D eigenvalue weighted by Gasteiger charge is 2.26. The number of allylic oxidation sites excluding steroid dienone is 6. The van der Waals surface area contributed by atoms with Gasteiger partial charge in [-0.3, -0.25) is 14.6 Å². The Morgan fingerprint density at radius 1 is 1.23 bits per heavy atom. The van der Waals surface area contributed by atoms with Gasteiger partial charge in [-0.1, -0.05) is 13.8 Å². The fraction of sp³-hybridized carbons (Fsp3) is 0.500. The molecule has 0 saturated carbocycles. The average molecular weight is 302 g/mol. The van der Waals surface area contributed by atoms with Gasteiger partial charge in [0.05, 0.1) is 5.76 Å². The van der Waals surface area contributed by atoms with Gasteiger partial charge in [-0.05, 0) is 49.8 Å². The molecule has 0 aromatic carbocycles. The molecule has 118 valence electrons. The first-order valence-electron chi connectivity index (χ1n) is 8.06. The molecular formula is C18H23NO3. The van der Waals surface area contributed by atoms with Crippen molar-refractivity contribution >= 4 is 17.3 Å². The van der Waals surface area contributed by atoms with Crippen LogP contribution in [0.5, 0.6) is 0 Å². The molecule has 0 amide bonds. The summed E-state index contributed by atoms with van der Waals surface area (Å²) in [6.45, 7) is 6.50. The van der Waals surface area contributed by atoms with E-state index in [0.717, 1.165) is 18.6 Å². The summed E-state index contributed by atoms with van der Waals surface area (Å²) >= 11 is 0. The monoisotopic (exact) mass is 302 g/mol. The molecule has 22 heavy (non-hydrogen) atoms. The number of hydrogen-bond donors (Lipinski definition) is 1. The van der Waals surface area contributed by atoms with Gasteiger partial charge in [0.2, 0.25) is 0 Å². The summed E-state index contributed by atoms with van der Waals surface area (Å²) in [7, 11) is 0. The second-order valence-electron chi connectivity index (χ2n) is 6.83. The zero-order valence-electron chi connectivity index (χ0n) is 14.4. The molecule has 4 nitrogen and oxygen atoms in total. The summed E-state index contributed by atoms with van der Waals surface area (Å²) in [6, 6.07) is 0. The number of nitrogens with zero attached hydrogens (tertiary/aromatic N) is 1. The molecule has 0 fully saturated rings. The maximum atomic E-state index is 11.8. The van der Waals surface area contributed by atoms with Crippen molar-refractivity contribution in [1.29, 1.82) is 1.43 Å². The first-order chi connectivity index (χ1) is 10.8. The maximum Gasteiger partial charge on any atom is 0.293 e. The van der Waals surface area contributed by atoms with E-state index in [0.29, 0.717) is 36.3 Å². The Morgan fingerprint density at radius 3 is 2.73 bits per heavy atom. The van der Waals surface area contributed by atoms with Crippen molar-refractivity contribution in [3.63, 3.8) is 0 Å². The van der Waals surface area contributed by atoms with E-state index in [1.54, 1.807) is 6.92 Å². The minimum absolute atomic E-state index is 0.0422. The average Bonchev–Trinajstić information content (AvgIpc) is 2.47. The topological polar surface area (TPSA) is 66.7 Å². The van der Waals surface area contributed by atoms with Crippen LogP contribution in [0, 0.1) is 5.41 Å². The van der Waals surface area contributed by atoms with Crippen LogP contribution in [-0.2, 0) is 9.59 Å². The van der Waals surface area contributed by atoms with Crippen molar-refractivity contribution in [2.45, 2.75) is 46.5 Å². The van der Waals surface area contributed by atoms with Crippen LogP contribution in [-0.4, -0.2) is 28.9 Å². The SMILES string of the molecule is [2H]OC1=CC(=NCCCC2=CC(=O)C(C)=CC2=O)CC(C)(C)C1. The lowest BCUT2D eigenvalue weighted by Crippen LogP contribution is -2.22. The van der Waals surface area contributed by atoms with E-state index in [-0.39, 0.29) is 17.0 Å². The zero-order valence-corrected chi connectivity index (χ0v) is 13.4. The number of ketones is 2. The largest absolute Gasteiger partial charge is 0.512 e. The highest BCUT2D eigenvalue weighted by molar-refractivity contribution is 6.19. The standard InChI is InChI=1S/C18H23NO3/c1-12-7-17(22)13(8-16(12)21)5-4-6-19-14-9-15(20)11-18(2,3)10-14/h7-9,20H,4-6,10-11H2,1-3H3/i/hD. The Bertz CT molecular complexity index is 639. The van der Waals surface area contributed by atoms with Crippen LogP contribution in [0.25, 0.3) is 1.43 Å². The second kappa shape index (κ2) is 6.42. The quantitative estimate of drug-likeness (QED) is 0.624. The molecule has 0 aromatic heterocycles. The number of hydrogen-bond acceptors (Lipinski definition) is 4. The Hall–Kier alpha value is -1.97. The molecule has 0 radical (unpaired) electrons. The Morgan fingerprint density at radius 2 is 2.00 bits per heavy atom. The van der Waals surface area contributed by atoms with E-state index in [1.165, 1.54) is 12.2 Å². The number of carbonyl (C=O) groups excluding carboxylic acids is 2. The van der Waals surface area contributed by atoms with Crippen LogP contribution < -0.4 is 0 Å². The summed E-state index contributed by atoms with van der Waals surface area (Å²) in [5, 5.41) is 4.63. The van der Waals surface area contributed by atoms with Crippen molar-refractivity contribution in [2.24, 2.45) is 10.4 Å². The lowest BCUT2D eigenvalue weighted by Gasteiger charge is -2.28. The smallest absolute Gasteiger partial charge is 0.293 e. The Balaban J connectivity index is 1.91. The molecule has 2 rings (SSSR count). The number of carbonyl (C=O) groups is 2.